The molecule has 2 unspecified atom stereocenters. The Hall–Kier alpha value is -0.610. The van der Waals surface area contributed by atoms with Gasteiger partial charge in [0.15, 0.2) is 0 Å². The summed E-state index contributed by atoms with van der Waals surface area (Å²) >= 11 is 0. The van der Waals surface area contributed by atoms with E-state index in [0.29, 0.717) is 24.4 Å². The maximum atomic E-state index is 11.8. The Morgan fingerprint density at radius 3 is 2.71 bits per heavy atom. The molecule has 1 saturated carbocycles. The molecule has 0 aromatic rings. The van der Waals surface area contributed by atoms with Gasteiger partial charge in [-0.3, -0.25) is 4.79 Å². The number of hydrogen-bond acceptors (Lipinski definition) is 3. The van der Waals surface area contributed by atoms with Gasteiger partial charge in [-0.15, -0.1) is 0 Å². The van der Waals surface area contributed by atoms with Gasteiger partial charge in [-0.05, 0) is 32.1 Å². The number of carbonyl (C=O) groups is 1. The van der Waals surface area contributed by atoms with Crippen LogP contribution in [0.2, 0.25) is 0 Å². The summed E-state index contributed by atoms with van der Waals surface area (Å²) in [5, 5.41) is 3.48. The molecular formula is C13H25N3O. The molecule has 17 heavy (non-hydrogen) atoms. The van der Waals surface area contributed by atoms with Crippen LogP contribution in [0.1, 0.15) is 44.9 Å². The molecule has 2 aliphatic rings. The summed E-state index contributed by atoms with van der Waals surface area (Å²) in [5.41, 5.74) is 5.94. The molecule has 0 bridgehead atoms. The first-order valence-electron chi connectivity index (χ1n) is 7.02. The van der Waals surface area contributed by atoms with E-state index in [1.165, 1.54) is 25.7 Å². The zero-order chi connectivity index (χ0) is 12.1. The topological polar surface area (TPSA) is 58.4 Å². The van der Waals surface area contributed by atoms with Crippen molar-refractivity contribution in [3.8, 4) is 0 Å². The van der Waals surface area contributed by atoms with E-state index in [1.807, 2.05) is 4.90 Å². The molecule has 0 aromatic carbocycles. The maximum Gasteiger partial charge on any atom is 0.223 e. The summed E-state index contributed by atoms with van der Waals surface area (Å²) in [5.74, 6) is 0.315. The van der Waals surface area contributed by atoms with Crippen molar-refractivity contribution < 1.29 is 4.79 Å². The average molecular weight is 239 g/mol. The molecule has 2 fully saturated rings. The molecular weight excluding hydrogens is 214 g/mol. The van der Waals surface area contributed by atoms with Gasteiger partial charge in [0, 0.05) is 38.1 Å². The zero-order valence-corrected chi connectivity index (χ0v) is 10.7. The standard InChI is InChI=1S/C13H25N3O/c14-11-4-3-5-12(10-11)15-7-6-13(17)16-8-1-2-9-16/h11-12,15H,1-10,14H2. The van der Waals surface area contributed by atoms with E-state index in [9.17, 15) is 4.79 Å². The maximum absolute atomic E-state index is 11.8. The second kappa shape index (κ2) is 6.36. The molecule has 4 heteroatoms. The normalized spacial score (nSPS) is 29.6. The summed E-state index contributed by atoms with van der Waals surface area (Å²) in [7, 11) is 0. The molecule has 0 spiro atoms. The van der Waals surface area contributed by atoms with Crippen molar-refractivity contribution in [2.75, 3.05) is 19.6 Å². The lowest BCUT2D eigenvalue weighted by Crippen LogP contribution is -2.41. The van der Waals surface area contributed by atoms with Crippen molar-refractivity contribution in [2.45, 2.75) is 57.0 Å². The Labute approximate surface area is 104 Å². The van der Waals surface area contributed by atoms with E-state index in [-0.39, 0.29) is 0 Å². The van der Waals surface area contributed by atoms with E-state index in [1.54, 1.807) is 0 Å². The minimum Gasteiger partial charge on any atom is -0.343 e. The van der Waals surface area contributed by atoms with E-state index >= 15 is 0 Å². The first-order valence-corrected chi connectivity index (χ1v) is 7.02. The largest absolute Gasteiger partial charge is 0.343 e. The molecule has 0 radical (unpaired) electrons. The summed E-state index contributed by atoms with van der Waals surface area (Å²) < 4.78 is 0. The van der Waals surface area contributed by atoms with Crippen LogP contribution >= 0.6 is 0 Å². The summed E-state index contributed by atoms with van der Waals surface area (Å²) in [6.45, 7) is 2.74. The summed E-state index contributed by atoms with van der Waals surface area (Å²) in [6.07, 6.45) is 7.66. The van der Waals surface area contributed by atoms with E-state index in [4.69, 9.17) is 5.73 Å². The lowest BCUT2D eigenvalue weighted by atomic mass is 9.91. The van der Waals surface area contributed by atoms with Crippen molar-refractivity contribution in [3.05, 3.63) is 0 Å². The molecule has 1 aliphatic carbocycles. The predicted molar refractivity (Wildman–Crippen MR) is 68.7 cm³/mol. The molecule has 2 rings (SSSR count). The van der Waals surface area contributed by atoms with Gasteiger partial charge in [-0.25, -0.2) is 0 Å². The lowest BCUT2D eigenvalue weighted by molar-refractivity contribution is -0.130. The van der Waals surface area contributed by atoms with Crippen LogP contribution in [0.4, 0.5) is 0 Å². The van der Waals surface area contributed by atoms with Crippen LogP contribution in [0.25, 0.3) is 0 Å². The Morgan fingerprint density at radius 1 is 1.24 bits per heavy atom. The van der Waals surface area contributed by atoms with Crippen LogP contribution < -0.4 is 11.1 Å². The lowest BCUT2D eigenvalue weighted by Gasteiger charge is -2.27. The third-order valence-corrected chi connectivity index (χ3v) is 3.95. The molecule has 1 aliphatic heterocycles. The van der Waals surface area contributed by atoms with Gasteiger partial charge in [-0.2, -0.15) is 0 Å². The summed E-state index contributed by atoms with van der Waals surface area (Å²) in [6, 6.07) is 0.890. The Kier molecular flexibility index (Phi) is 4.80. The second-order valence-electron chi connectivity index (χ2n) is 5.42. The van der Waals surface area contributed by atoms with Crippen molar-refractivity contribution in [1.82, 2.24) is 10.2 Å². The molecule has 4 nitrogen and oxygen atoms in total. The Bertz CT molecular complexity index is 251. The van der Waals surface area contributed by atoms with Gasteiger partial charge < -0.3 is 16.0 Å². The van der Waals surface area contributed by atoms with Gasteiger partial charge in [0.05, 0.1) is 0 Å². The van der Waals surface area contributed by atoms with Crippen LogP contribution in [0.3, 0.4) is 0 Å². The quantitative estimate of drug-likeness (QED) is 0.765. The van der Waals surface area contributed by atoms with Crippen molar-refractivity contribution in [3.63, 3.8) is 0 Å². The molecule has 3 N–H and O–H groups in total. The van der Waals surface area contributed by atoms with Crippen molar-refractivity contribution in [1.29, 1.82) is 0 Å². The second-order valence-corrected chi connectivity index (χ2v) is 5.42. The molecule has 1 saturated heterocycles. The number of likely N-dealkylation sites (tertiary alicyclic amines) is 1. The number of rotatable bonds is 4. The first kappa shape index (κ1) is 12.8. The smallest absolute Gasteiger partial charge is 0.223 e. The van der Waals surface area contributed by atoms with Crippen LogP contribution in [0.15, 0.2) is 0 Å². The number of nitrogens with two attached hydrogens (primary N) is 1. The highest BCUT2D eigenvalue weighted by Gasteiger charge is 2.20. The molecule has 0 aromatic heterocycles. The van der Waals surface area contributed by atoms with Gasteiger partial charge in [-0.1, -0.05) is 6.42 Å². The minimum absolute atomic E-state index is 0.315. The highest BCUT2D eigenvalue weighted by atomic mass is 16.2. The van der Waals surface area contributed by atoms with E-state index in [2.05, 4.69) is 5.32 Å². The Balaban J connectivity index is 1.60. The number of nitrogens with one attached hydrogen (secondary N) is 1. The third-order valence-electron chi connectivity index (χ3n) is 3.95. The molecule has 2 atom stereocenters. The highest BCUT2D eigenvalue weighted by molar-refractivity contribution is 5.76. The molecule has 1 heterocycles. The van der Waals surface area contributed by atoms with Crippen LogP contribution in [-0.4, -0.2) is 42.5 Å². The fourth-order valence-corrected chi connectivity index (χ4v) is 2.92. The minimum atomic E-state index is 0.315. The van der Waals surface area contributed by atoms with Gasteiger partial charge in [0.2, 0.25) is 5.91 Å². The number of carbonyl (C=O) groups excluding carboxylic acids is 1. The van der Waals surface area contributed by atoms with Crippen molar-refractivity contribution >= 4 is 5.91 Å². The van der Waals surface area contributed by atoms with E-state index in [0.717, 1.165) is 32.5 Å². The van der Waals surface area contributed by atoms with Crippen LogP contribution in [0.5, 0.6) is 0 Å². The van der Waals surface area contributed by atoms with E-state index < -0.39 is 0 Å². The first-order chi connectivity index (χ1) is 8.25. The highest BCUT2D eigenvalue weighted by Crippen LogP contribution is 2.16. The third kappa shape index (κ3) is 3.96. The predicted octanol–water partition coefficient (Wildman–Crippen LogP) is 0.858. The number of amides is 1. The Morgan fingerprint density at radius 2 is 2.00 bits per heavy atom. The fraction of sp³-hybridized carbons (Fsp3) is 0.923. The van der Waals surface area contributed by atoms with Gasteiger partial charge in [0.1, 0.15) is 0 Å². The van der Waals surface area contributed by atoms with Gasteiger partial charge >= 0.3 is 0 Å². The number of nitrogens with zero attached hydrogens (tertiary/aromatic N) is 1. The monoisotopic (exact) mass is 239 g/mol. The average Bonchev–Trinajstić information content (AvgIpc) is 2.82. The van der Waals surface area contributed by atoms with Crippen LogP contribution in [-0.2, 0) is 4.79 Å². The van der Waals surface area contributed by atoms with Crippen molar-refractivity contribution in [2.24, 2.45) is 5.73 Å². The SMILES string of the molecule is NC1CCCC(NCCC(=O)N2CCCC2)C1. The number of hydrogen-bond donors (Lipinski definition) is 2. The van der Waals surface area contributed by atoms with Crippen LogP contribution in [0, 0.1) is 0 Å². The summed E-state index contributed by atoms with van der Waals surface area (Å²) in [4.78, 5) is 13.8. The van der Waals surface area contributed by atoms with Gasteiger partial charge in [0.25, 0.3) is 0 Å². The zero-order valence-electron chi connectivity index (χ0n) is 10.7. The molecule has 1 amide bonds. The molecule has 98 valence electrons. The fourth-order valence-electron chi connectivity index (χ4n) is 2.92.